The Hall–Kier alpha value is -2.12. The van der Waals surface area contributed by atoms with Crippen molar-refractivity contribution in [1.29, 1.82) is 0 Å². The van der Waals surface area contributed by atoms with Gasteiger partial charge in [-0.15, -0.1) is 0 Å². The molecule has 0 saturated carbocycles. The molecule has 2 atom stereocenters. The summed E-state index contributed by atoms with van der Waals surface area (Å²) in [7, 11) is -3.24. The Kier molecular flexibility index (Phi) is 6.72. The molecule has 0 aromatic heterocycles. The molecule has 1 saturated heterocycles. The lowest BCUT2D eigenvalue weighted by molar-refractivity contribution is -0.140. The van der Waals surface area contributed by atoms with Gasteiger partial charge in [0.15, 0.2) is 15.9 Å². The lowest BCUT2D eigenvalue weighted by Crippen LogP contribution is -2.46. The first-order valence-electron chi connectivity index (χ1n) is 9.75. The minimum atomic E-state index is -3.24. The van der Waals surface area contributed by atoms with E-state index in [0.717, 1.165) is 11.1 Å². The van der Waals surface area contributed by atoms with Crippen LogP contribution in [0.2, 0.25) is 5.02 Å². The molecular weight excluding hydrogens is 429 g/mol. The molecule has 0 radical (unpaired) electrons. The fourth-order valence-corrected chi connectivity index (χ4v) is 5.54. The van der Waals surface area contributed by atoms with Crippen molar-refractivity contribution >= 4 is 27.3 Å². The number of benzene rings is 2. The van der Waals surface area contributed by atoms with Crippen molar-refractivity contribution in [3.63, 3.8) is 0 Å². The van der Waals surface area contributed by atoms with E-state index < -0.39 is 33.7 Å². The van der Waals surface area contributed by atoms with Crippen molar-refractivity contribution in [1.82, 2.24) is 4.90 Å². The average molecular weight is 454 g/mol. The van der Waals surface area contributed by atoms with Gasteiger partial charge in [0.1, 0.15) is 11.6 Å². The Bertz CT molecular complexity index is 1040. The minimum absolute atomic E-state index is 0.00131. The van der Waals surface area contributed by atoms with Crippen LogP contribution in [0.1, 0.15) is 30.0 Å². The van der Waals surface area contributed by atoms with E-state index in [4.69, 9.17) is 16.3 Å². The smallest absolute Gasteiger partial charge is 0.263 e. The molecule has 8 heteroatoms. The first-order valence-corrected chi connectivity index (χ1v) is 12.0. The summed E-state index contributed by atoms with van der Waals surface area (Å²) in [6.45, 7) is 5.35. The van der Waals surface area contributed by atoms with Gasteiger partial charge in [-0.3, -0.25) is 4.79 Å². The molecule has 3 rings (SSSR count). The quantitative estimate of drug-likeness (QED) is 0.661. The summed E-state index contributed by atoms with van der Waals surface area (Å²) >= 11 is 6.16. The predicted octanol–water partition coefficient (Wildman–Crippen LogP) is 4.08. The summed E-state index contributed by atoms with van der Waals surface area (Å²) in [4.78, 5) is 14.7. The van der Waals surface area contributed by atoms with Crippen LogP contribution >= 0.6 is 11.6 Å². The maximum atomic E-state index is 14.4. The average Bonchev–Trinajstić information content (AvgIpc) is 3.04. The second-order valence-electron chi connectivity index (χ2n) is 7.68. The number of carbonyl (C=O) groups is 1. The maximum absolute atomic E-state index is 14.4. The molecule has 0 N–H and O–H groups in total. The van der Waals surface area contributed by atoms with Crippen LogP contribution in [0.4, 0.5) is 4.39 Å². The van der Waals surface area contributed by atoms with Gasteiger partial charge >= 0.3 is 0 Å². The van der Waals surface area contributed by atoms with Gasteiger partial charge in [0, 0.05) is 16.6 Å². The Balaban J connectivity index is 1.89. The topological polar surface area (TPSA) is 63.7 Å². The van der Waals surface area contributed by atoms with Gasteiger partial charge in [-0.2, -0.15) is 0 Å². The third kappa shape index (κ3) is 4.95. The summed E-state index contributed by atoms with van der Waals surface area (Å²) in [5.74, 6) is -0.514. The second-order valence-corrected chi connectivity index (χ2v) is 10.3. The van der Waals surface area contributed by atoms with E-state index in [9.17, 15) is 17.6 Å². The third-order valence-corrected chi connectivity index (χ3v) is 7.63. The zero-order chi connectivity index (χ0) is 22.1. The van der Waals surface area contributed by atoms with E-state index in [2.05, 4.69) is 0 Å². The summed E-state index contributed by atoms with van der Waals surface area (Å²) < 4.78 is 44.4. The molecule has 30 heavy (non-hydrogen) atoms. The predicted molar refractivity (Wildman–Crippen MR) is 115 cm³/mol. The first kappa shape index (κ1) is 22.6. The molecular formula is C22H25ClFNO4S. The van der Waals surface area contributed by atoms with Crippen molar-refractivity contribution in [3.05, 3.63) is 63.9 Å². The number of hydrogen-bond donors (Lipinski definition) is 0. The van der Waals surface area contributed by atoms with Crippen LogP contribution in [-0.4, -0.2) is 42.9 Å². The van der Waals surface area contributed by atoms with E-state index in [0.29, 0.717) is 12.2 Å². The van der Waals surface area contributed by atoms with Crippen molar-refractivity contribution in [2.75, 3.05) is 11.5 Å². The van der Waals surface area contributed by atoms with Gasteiger partial charge in [0.25, 0.3) is 5.91 Å². The standard InChI is InChI=1S/C22H25ClFNO4S/c1-14-6-4-9-21(15(14)2)29-16(3)22(26)25(17-10-11-30(27,28)13-17)12-18-19(23)7-5-8-20(18)24/h4-9,16-17H,10-13H2,1-3H3/t16-,17+/m0/s1. The van der Waals surface area contributed by atoms with E-state index >= 15 is 0 Å². The fraction of sp³-hybridized carbons (Fsp3) is 0.409. The number of halogens is 2. The third-order valence-electron chi connectivity index (χ3n) is 5.53. The van der Waals surface area contributed by atoms with Gasteiger partial charge in [-0.1, -0.05) is 29.8 Å². The van der Waals surface area contributed by atoms with Crippen molar-refractivity contribution in [3.8, 4) is 5.75 Å². The number of carbonyl (C=O) groups excluding carboxylic acids is 1. The Morgan fingerprint density at radius 2 is 1.97 bits per heavy atom. The number of rotatable bonds is 6. The van der Waals surface area contributed by atoms with Crippen molar-refractivity contribution in [2.24, 2.45) is 0 Å². The molecule has 1 aliphatic heterocycles. The van der Waals surface area contributed by atoms with Gasteiger partial charge in [-0.25, -0.2) is 12.8 Å². The van der Waals surface area contributed by atoms with Gasteiger partial charge in [0.2, 0.25) is 0 Å². The molecule has 1 heterocycles. The van der Waals surface area contributed by atoms with Gasteiger partial charge < -0.3 is 9.64 Å². The summed E-state index contributed by atoms with van der Waals surface area (Å²) in [6.07, 6.45) is -0.574. The lowest BCUT2D eigenvalue weighted by Gasteiger charge is -2.31. The molecule has 2 aromatic carbocycles. The maximum Gasteiger partial charge on any atom is 0.263 e. The monoisotopic (exact) mass is 453 g/mol. The van der Waals surface area contributed by atoms with Crippen LogP contribution in [0.25, 0.3) is 0 Å². The first-order chi connectivity index (χ1) is 14.1. The number of aryl methyl sites for hydroxylation is 1. The Morgan fingerprint density at radius 3 is 2.60 bits per heavy atom. The zero-order valence-corrected chi connectivity index (χ0v) is 18.8. The normalized spacial score (nSPS) is 18.8. The number of sulfone groups is 1. The molecule has 1 aliphatic rings. The molecule has 5 nitrogen and oxygen atoms in total. The summed E-state index contributed by atoms with van der Waals surface area (Å²) in [5, 5.41) is 0.191. The molecule has 0 unspecified atom stereocenters. The van der Waals surface area contributed by atoms with E-state index in [-0.39, 0.29) is 28.6 Å². The summed E-state index contributed by atoms with van der Waals surface area (Å²) in [6, 6.07) is 9.32. The highest BCUT2D eigenvalue weighted by Gasteiger charge is 2.37. The van der Waals surface area contributed by atoms with E-state index in [1.165, 1.54) is 17.0 Å². The molecule has 0 bridgehead atoms. The molecule has 0 aliphatic carbocycles. The highest BCUT2D eigenvalue weighted by Crippen LogP contribution is 2.27. The highest BCUT2D eigenvalue weighted by molar-refractivity contribution is 7.91. The van der Waals surface area contributed by atoms with Crippen LogP contribution in [0.15, 0.2) is 36.4 Å². The summed E-state index contributed by atoms with van der Waals surface area (Å²) in [5.41, 5.74) is 2.11. The van der Waals surface area contributed by atoms with Crippen LogP contribution < -0.4 is 4.74 Å². The number of amides is 1. The SMILES string of the molecule is Cc1cccc(O[C@@H](C)C(=O)N(Cc2c(F)cccc2Cl)[C@@H]2CCS(=O)(=O)C2)c1C. The Labute approximate surface area is 181 Å². The van der Waals surface area contributed by atoms with E-state index in [1.54, 1.807) is 19.1 Å². The van der Waals surface area contributed by atoms with Crippen LogP contribution in [0.5, 0.6) is 5.75 Å². The van der Waals surface area contributed by atoms with Gasteiger partial charge in [0.05, 0.1) is 18.1 Å². The molecule has 1 amide bonds. The van der Waals surface area contributed by atoms with Crippen LogP contribution in [0.3, 0.4) is 0 Å². The number of hydrogen-bond acceptors (Lipinski definition) is 4. The van der Waals surface area contributed by atoms with E-state index in [1.807, 2.05) is 26.0 Å². The molecule has 0 spiro atoms. The van der Waals surface area contributed by atoms with Crippen LogP contribution in [-0.2, 0) is 21.2 Å². The van der Waals surface area contributed by atoms with Gasteiger partial charge in [-0.05, 0) is 56.5 Å². The molecule has 2 aromatic rings. The zero-order valence-electron chi connectivity index (χ0n) is 17.2. The highest BCUT2D eigenvalue weighted by atomic mass is 35.5. The Morgan fingerprint density at radius 1 is 1.27 bits per heavy atom. The molecule has 162 valence electrons. The van der Waals surface area contributed by atoms with Crippen molar-refractivity contribution in [2.45, 2.75) is 45.9 Å². The lowest BCUT2D eigenvalue weighted by atomic mass is 10.1. The van der Waals surface area contributed by atoms with Crippen LogP contribution in [0, 0.1) is 19.7 Å². The second kappa shape index (κ2) is 8.94. The molecule has 1 fully saturated rings. The minimum Gasteiger partial charge on any atom is -0.481 e. The fourth-order valence-electron chi connectivity index (χ4n) is 3.59. The van der Waals surface area contributed by atoms with Crippen molar-refractivity contribution < 1.29 is 22.3 Å². The number of nitrogens with zero attached hydrogens (tertiary/aromatic N) is 1. The number of ether oxygens (including phenoxy) is 1. The largest absolute Gasteiger partial charge is 0.481 e.